The molecule has 0 aromatic heterocycles. The summed E-state index contributed by atoms with van der Waals surface area (Å²) < 4.78 is 13.3. The lowest BCUT2D eigenvalue weighted by Gasteiger charge is -2.14. The number of carbonyl (C=O) groups excluding carboxylic acids is 1. The molecule has 0 saturated carbocycles. The Kier molecular flexibility index (Phi) is 4.72. The summed E-state index contributed by atoms with van der Waals surface area (Å²) in [5, 5.41) is 3.32. The van der Waals surface area contributed by atoms with Gasteiger partial charge in [-0.3, -0.25) is 4.79 Å². The Morgan fingerprint density at radius 1 is 1.39 bits per heavy atom. The monoisotopic (exact) mass is 269 g/mol. The van der Waals surface area contributed by atoms with Gasteiger partial charge in [0, 0.05) is 6.42 Å². The van der Waals surface area contributed by atoms with Crippen LogP contribution in [0.2, 0.25) is 5.02 Å². The Labute approximate surface area is 112 Å². The van der Waals surface area contributed by atoms with E-state index in [4.69, 9.17) is 11.6 Å². The maximum atomic E-state index is 13.3. The molecule has 1 aromatic carbocycles. The summed E-state index contributed by atoms with van der Waals surface area (Å²) in [6, 6.07) is 4.50. The van der Waals surface area contributed by atoms with Crippen LogP contribution in [0.3, 0.4) is 0 Å². The zero-order chi connectivity index (χ0) is 13.0. The van der Waals surface area contributed by atoms with Gasteiger partial charge in [-0.2, -0.15) is 0 Å². The first-order valence-electron chi connectivity index (χ1n) is 6.37. The van der Waals surface area contributed by atoms with Crippen LogP contribution in [-0.4, -0.2) is 18.4 Å². The standard InChI is InChI=1S/C14H17ClFNO/c15-14-10(5-4-6-11(14)16)9-13(18)12-7-2-1-3-8-17-12/h4-6,12,17H,1-3,7-9H2. The predicted molar refractivity (Wildman–Crippen MR) is 70.4 cm³/mol. The molecule has 98 valence electrons. The molecule has 0 amide bonds. The van der Waals surface area contributed by atoms with E-state index in [2.05, 4.69) is 5.32 Å². The number of carbonyl (C=O) groups is 1. The van der Waals surface area contributed by atoms with Gasteiger partial charge in [0.05, 0.1) is 11.1 Å². The van der Waals surface area contributed by atoms with E-state index >= 15 is 0 Å². The Hall–Kier alpha value is -0.930. The molecule has 0 radical (unpaired) electrons. The molecule has 18 heavy (non-hydrogen) atoms. The molecule has 0 aliphatic carbocycles. The third-order valence-electron chi connectivity index (χ3n) is 3.35. The third kappa shape index (κ3) is 3.30. The quantitative estimate of drug-likeness (QED) is 0.913. The number of hydrogen-bond donors (Lipinski definition) is 1. The van der Waals surface area contributed by atoms with Crippen LogP contribution in [0.5, 0.6) is 0 Å². The van der Waals surface area contributed by atoms with Crippen molar-refractivity contribution < 1.29 is 9.18 Å². The van der Waals surface area contributed by atoms with Gasteiger partial charge in [0.15, 0.2) is 5.78 Å². The van der Waals surface area contributed by atoms with Gasteiger partial charge in [-0.05, 0) is 31.0 Å². The van der Waals surface area contributed by atoms with Crippen molar-refractivity contribution >= 4 is 17.4 Å². The van der Waals surface area contributed by atoms with Crippen molar-refractivity contribution in [3.8, 4) is 0 Å². The molecule has 0 bridgehead atoms. The molecule has 1 saturated heterocycles. The summed E-state index contributed by atoms with van der Waals surface area (Å²) in [6.45, 7) is 0.882. The number of halogens is 2. The van der Waals surface area contributed by atoms with Gasteiger partial charge in [0.1, 0.15) is 5.82 Å². The van der Waals surface area contributed by atoms with Crippen LogP contribution in [-0.2, 0) is 11.2 Å². The Balaban J connectivity index is 2.03. The smallest absolute Gasteiger partial charge is 0.154 e. The van der Waals surface area contributed by atoms with Crippen LogP contribution in [0.4, 0.5) is 4.39 Å². The van der Waals surface area contributed by atoms with Crippen LogP contribution >= 0.6 is 11.6 Å². The Bertz CT molecular complexity index is 428. The molecule has 4 heteroatoms. The summed E-state index contributed by atoms with van der Waals surface area (Å²) in [4.78, 5) is 12.1. The molecule has 0 spiro atoms. The van der Waals surface area contributed by atoms with Crippen molar-refractivity contribution in [3.05, 3.63) is 34.6 Å². The average Bonchev–Trinajstić information content (AvgIpc) is 2.63. The van der Waals surface area contributed by atoms with Gasteiger partial charge < -0.3 is 5.32 Å². The maximum absolute atomic E-state index is 13.3. The Morgan fingerprint density at radius 3 is 3.06 bits per heavy atom. The number of hydrogen-bond acceptors (Lipinski definition) is 2. The second-order valence-electron chi connectivity index (χ2n) is 4.71. The van der Waals surface area contributed by atoms with E-state index in [0.29, 0.717) is 5.56 Å². The highest BCUT2D eigenvalue weighted by Gasteiger charge is 2.20. The van der Waals surface area contributed by atoms with Crippen molar-refractivity contribution in [2.24, 2.45) is 0 Å². The molecule has 1 aliphatic heterocycles. The van der Waals surface area contributed by atoms with Crippen LogP contribution in [0.15, 0.2) is 18.2 Å². The van der Waals surface area contributed by atoms with E-state index in [1.807, 2.05) is 0 Å². The van der Waals surface area contributed by atoms with E-state index in [0.717, 1.165) is 32.2 Å². The average molecular weight is 270 g/mol. The molecule has 1 fully saturated rings. The molecule has 1 N–H and O–H groups in total. The van der Waals surface area contributed by atoms with Gasteiger partial charge in [-0.1, -0.05) is 36.6 Å². The number of ketones is 1. The SMILES string of the molecule is O=C(Cc1cccc(F)c1Cl)C1CCCCCN1. The first-order valence-corrected chi connectivity index (χ1v) is 6.75. The molecule has 1 heterocycles. The van der Waals surface area contributed by atoms with Crippen LogP contribution in [0.1, 0.15) is 31.2 Å². The topological polar surface area (TPSA) is 29.1 Å². The van der Waals surface area contributed by atoms with Crippen molar-refractivity contribution in [1.82, 2.24) is 5.32 Å². The highest BCUT2D eigenvalue weighted by Crippen LogP contribution is 2.21. The fraction of sp³-hybridized carbons (Fsp3) is 0.500. The number of Topliss-reactive ketones (excluding diaryl/α,β-unsaturated/α-hetero) is 1. The first kappa shape index (κ1) is 13.5. The number of rotatable bonds is 3. The van der Waals surface area contributed by atoms with Crippen LogP contribution in [0.25, 0.3) is 0 Å². The summed E-state index contributed by atoms with van der Waals surface area (Å²) in [5.74, 6) is -0.361. The van der Waals surface area contributed by atoms with E-state index in [1.54, 1.807) is 12.1 Å². The second-order valence-corrected chi connectivity index (χ2v) is 5.09. The summed E-state index contributed by atoms with van der Waals surface area (Å²) in [5.41, 5.74) is 0.577. The predicted octanol–water partition coefficient (Wildman–Crippen LogP) is 3.12. The lowest BCUT2D eigenvalue weighted by atomic mass is 10.0. The maximum Gasteiger partial charge on any atom is 0.154 e. The lowest BCUT2D eigenvalue weighted by Crippen LogP contribution is -2.37. The van der Waals surface area contributed by atoms with Crippen LogP contribution < -0.4 is 5.32 Å². The minimum absolute atomic E-state index is 0.0690. The summed E-state index contributed by atoms with van der Waals surface area (Å²) in [7, 11) is 0. The van der Waals surface area contributed by atoms with Gasteiger partial charge in [-0.25, -0.2) is 4.39 Å². The van der Waals surface area contributed by atoms with Crippen molar-refractivity contribution in [1.29, 1.82) is 0 Å². The molecule has 2 nitrogen and oxygen atoms in total. The fourth-order valence-electron chi connectivity index (χ4n) is 2.30. The molecular weight excluding hydrogens is 253 g/mol. The highest BCUT2D eigenvalue weighted by molar-refractivity contribution is 6.31. The summed E-state index contributed by atoms with van der Waals surface area (Å²) in [6.07, 6.45) is 4.42. The van der Waals surface area contributed by atoms with Crippen molar-refractivity contribution in [2.75, 3.05) is 6.54 Å². The molecule has 2 rings (SSSR count). The van der Waals surface area contributed by atoms with E-state index in [-0.39, 0.29) is 23.3 Å². The molecule has 1 unspecified atom stereocenters. The normalized spacial score (nSPS) is 20.4. The van der Waals surface area contributed by atoms with E-state index in [1.165, 1.54) is 6.07 Å². The molecule has 1 aliphatic rings. The molecule has 1 aromatic rings. The van der Waals surface area contributed by atoms with Gasteiger partial charge in [-0.15, -0.1) is 0 Å². The highest BCUT2D eigenvalue weighted by atomic mass is 35.5. The second kappa shape index (κ2) is 6.30. The minimum atomic E-state index is -0.462. The largest absolute Gasteiger partial charge is 0.307 e. The van der Waals surface area contributed by atoms with E-state index in [9.17, 15) is 9.18 Å². The lowest BCUT2D eigenvalue weighted by molar-refractivity contribution is -0.120. The number of nitrogens with one attached hydrogen (secondary N) is 1. The van der Waals surface area contributed by atoms with Crippen LogP contribution in [0, 0.1) is 5.82 Å². The zero-order valence-electron chi connectivity index (χ0n) is 10.2. The Morgan fingerprint density at radius 2 is 2.22 bits per heavy atom. The van der Waals surface area contributed by atoms with Gasteiger partial charge >= 0.3 is 0 Å². The minimum Gasteiger partial charge on any atom is -0.307 e. The van der Waals surface area contributed by atoms with Gasteiger partial charge in [0.2, 0.25) is 0 Å². The third-order valence-corrected chi connectivity index (χ3v) is 3.77. The molecule has 1 atom stereocenters. The van der Waals surface area contributed by atoms with E-state index < -0.39 is 5.82 Å². The molecular formula is C14H17ClFNO. The van der Waals surface area contributed by atoms with Crippen molar-refractivity contribution in [3.63, 3.8) is 0 Å². The number of benzene rings is 1. The van der Waals surface area contributed by atoms with Crippen molar-refractivity contribution in [2.45, 2.75) is 38.1 Å². The van der Waals surface area contributed by atoms with Gasteiger partial charge in [0.25, 0.3) is 0 Å². The zero-order valence-corrected chi connectivity index (χ0v) is 11.0. The summed E-state index contributed by atoms with van der Waals surface area (Å²) >= 11 is 5.86. The fourth-order valence-corrected chi connectivity index (χ4v) is 2.49. The first-order chi connectivity index (χ1) is 8.68.